The second kappa shape index (κ2) is 5.58. The molecule has 116 valence electrons. The van der Waals surface area contributed by atoms with Crippen LogP contribution in [0.2, 0.25) is 0 Å². The van der Waals surface area contributed by atoms with Crippen molar-refractivity contribution in [3.8, 4) is 5.75 Å². The number of hydrogen-bond donors (Lipinski definition) is 0. The highest BCUT2D eigenvalue weighted by Gasteiger charge is 2.53. The van der Waals surface area contributed by atoms with E-state index >= 15 is 0 Å². The van der Waals surface area contributed by atoms with Crippen molar-refractivity contribution >= 4 is 17.0 Å². The number of nitrogens with zero attached hydrogens (tertiary/aromatic N) is 1. The van der Waals surface area contributed by atoms with Gasteiger partial charge >= 0.3 is 0 Å². The van der Waals surface area contributed by atoms with E-state index in [2.05, 4.69) is 30.1 Å². The molecule has 0 unspecified atom stereocenters. The lowest BCUT2D eigenvalue weighted by molar-refractivity contribution is 0.00274. The van der Waals surface area contributed by atoms with Crippen LogP contribution in [0.5, 0.6) is 5.75 Å². The van der Waals surface area contributed by atoms with Gasteiger partial charge in [0.25, 0.3) is 0 Å². The summed E-state index contributed by atoms with van der Waals surface area (Å²) in [7, 11) is 4.12. The zero-order chi connectivity index (χ0) is 13.7. The first-order valence-corrected chi connectivity index (χ1v) is 8.12. The highest BCUT2D eigenvalue weighted by atomic mass is 79.9. The highest BCUT2D eigenvalue weighted by molar-refractivity contribution is 8.93. The molecule has 21 heavy (non-hydrogen) atoms. The van der Waals surface area contributed by atoms with Crippen molar-refractivity contribution in [2.45, 2.75) is 50.0 Å². The van der Waals surface area contributed by atoms with Crippen molar-refractivity contribution in [1.82, 2.24) is 4.90 Å². The summed E-state index contributed by atoms with van der Waals surface area (Å²) in [6.07, 6.45) is 8.22. The fourth-order valence-electron chi connectivity index (χ4n) is 5.30. The van der Waals surface area contributed by atoms with Gasteiger partial charge in [-0.2, -0.15) is 0 Å². The van der Waals surface area contributed by atoms with Gasteiger partial charge in [-0.15, -0.1) is 17.0 Å². The van der Waals surface area contributed by atoms with E-state index in [9.17, 15) is 0 Å². The molecule has 4 rings (SSSR count). The van der Waals surface area contributed by atoms with Gasteiger partial charge < -0.3 is 9.64 Å². The molecule has 1 heterocycles. The minimum absolute atomic E-state index is 0. The largest absolute Gasteiger partial charge is 0.497 e. The van der Waals surface area contributed by atoms with Gasteiger partial charge in [0.15, 0.2) is 0 Å². The third kappa shape index (κ3) is 2.16. The molecule has 3 heteroatoms. The van der Waals surface area contributed by atoms with Crippen LogP contribution >= 0.6 is 17.0 Å². The van der Waals surface area contributed by atoms with Crippen molar-refractivity contribution in [3.63, 3.8) is 0 Å². The van der Waals surface area contributed by atoms with Crippen molar-refractivity contribution in [2.24, 2.45) is 5.92 Å². The van der Waals surface area contributed by atoms with Gasteiger partial charge in [-0.25, -0.2) is 0 Å². The van der Waals surface area contributed by atoms with Crippen LogP contribution in [0, 0.1) is 5.92 Å². The Morgan fingerprint density at radius 1 is 1.24 bits per heavy atom. The van der Waals surface area contributed by atoms with E-state index < -0.39 is 0 Å². The number of likely N-dealkylation sites (N-methyl/N-ethyl adjacent to an activating group) is 1. The normalized spacial score (nSPS) is 34.4. The summed E-state index contributed by atoms with van der Waals surface area (Å²) in [5.41, 5.74) is 3.67. The molecule has 0 spiro atoms. The van der Waals surface area contributed by atoms with Crippen molar-refractivity contribution in [3.05, 3.63) is 29.3 Å². The Labute approximate surface area is 138 Å². The van der Waals surface area contributed by atoms with Crippen LogP contribution in [0.15, 0.2) is 18.2 Å². The zero-order valence-electron chi connectivity index (χ0n) is 13.1. The standard InChI is InChI=1S/C18H25NO.BrH/c1-19-10-9-18-8-4-3-5-15(18)17(19)11-13-6-7-14(20-2)12-16(13)18;/h6-7,12,15,17H,3-5,8-11H2,1-2H3;1H/t15-,17-,18+;/m0./s1. The molecule has 3 atom stereocenters. The van der Waals surface area contributed by atoms with Gasteiger partial charge in [0.05, 0.1) is 7.11 Å². The smallest absolute Gasteiger partial charge is 0.119 e. The van der Waals surface area contributed by atoms with Gasteiger partial charge in [-0.1, -0.05) is 18.9 Å². The van der Waals surface area contributed by atoms with E-state index in [4.69, 9.17) is 4.74 Å². The second-order valence-electron chi connectivity index (χ2n) is 7.03. The maximum absolute atomic E-state index is 5.51. The number of halogens is 1. The summed E-state index contributed by atoms with van der Waals surface area (Å²) in [5, 5.41) is 0. The lowest BCUT2D eigenvalue weighted by atomic mass is 9.52. The topological polar surface area (TPSA) is 12.5 Å². The highest BCUT2D eigenvalue weighted by Crippen LogP contribution is 2.55. The molecule has 1 aliphatic heterocycles. The van der Waals surface area contributed by atoms with E-state index in [1.807, 2.05) is 0 Å². The van der Waals surface area contributed by atoms with Gasteiger partial charge in [-0.05, 0) is 68.5 Å². The van der Waals surface area contributed by atoms with Crippen LogP contribution < -0.4 is 4.74 Å². The number of piperidine rings is 1. The number of fused-ring (bicyclic) bond motifs is 1. The van der Waals surface area contributed by atoms with E-state index in [1.165, 1.54) is 45.1 Å². The summed E-state index contributed by atoms with van der Waals surface area (Å²) < 4.78 is 5.51. The molecule has 0 aromatic heterocycles. The van der Waals surface area contributed by atoms with Gasteiger partial charge in [0.2, 0.25) is 0 Å². The van der Waals surface area contributed by atoms with E-state index in [-0.39, 0.29) is 17.0 Å². The van der Waals surface area contributed by atoms with Crippen LogP contribution in [-0.4, -0.2) is 31.6 Å². The number of hydrogen-bond acceptors (Lipinski definition) is 2. The van der Waals surface area contributed by atoms with E-state index in [1.54, 1.807) is 18.2 Å². The Hall–Kier alpha value is -0.540. The lowest BCUT2D eigenvalue weighted by Gasteiger charge is -2.58. The van der Waals surface area contributed by atoms with Crippen LogP contribution in [0.1, 0.15) is 43.2 Å². The third-order valence-corrected chi connectivity index (χ3v) is 6.32. The molecule has 0 radical (unpaired) electrons. The molecular formula is C18H26BrNO. The van der Waals surface area contributed by atoms with Gasteiger partial charge in [0.1, 0.15) is 5.75 Å². The Balaban J connectivity index is 0.00000132. The summed E-state index contributed by atoms with van der Waals surface area (Å²) in [4.78, 5) is 2.63. The molecule has 2 nitrogen and oxygen atoms in total. The Morgan fingerprint density at radius 3 is 2.90 bits per heavy atom. The van der Waals surface area contributed by atoms with Crippen LogP contribution in [0.4, 0.5) is 0 Å². The molecule has 1 aromatic rings. The molecule has 2 bridgehead atoms. The maximum Gasteiger partial charge on any atom is 0.119 e. The number of rotatable bonds is 1. The van der Waals surface area contributed by atoms with E-state index in [0.717, 1.165) is 17.7 Å². The number of likely N-dealkylation sites (tertiary alicyclic amines) is 1. The lowest BCUT2D eigenvalue weighted by Crippen LogP contribution is -2.59. The summed E-state index contributed by atoms with van der Waals surface area (Å²) in [6.45, 7) is 1.26. The predicted octanol–water partition coefficient (Wildman–Crippen LogP) is 3.96. The van der Waals surface area contributed by atoms with Crippen molar-refractivity contribution in [2.75, 3.05) is 20.7 Å². The van der Waals surface area contributed by atoms with E-state index in [0.29, 0.717) is 5.41 Å². The monoisotopic (exact) mass is 351 g/mol. The minimum Gasteiger partial charge on any atom is -0.497 e. The van der Waals surface area contributed by atoms with Gasteiger partial charge in [-0.3, -0.25) is 0 Å². The van der Waals surface area contributed by atoms with Crippen LogP contribution in [0.25, 0.3) is 0 Å². The molecule has 1 saturated carbocycles. The molecule has 3 aliphatic rings. The molecule has 2 aliphatic carbocycles. The number of methoxy groups -OCH3 is 1. The minimum atomic E-state index is 0. The summed E-state index contributed by atoms with van der Waals surface area (Å²) in [5.74, 6) is 1.91. The van der Waals surface area contributed by atoms with Crippen LogP contribution in [-0.2, 0) is 11.8 Å². The molecular weight excluding hydrogens is 326 g/mol. The Kier molecular flexibility index (Phi) is 4.08. The first-order valence-electron chi connectivity index (χ1n) is 8.12. The molecule has 0 N–H and O–H groups in total. The van der Waals surface area contributed by atoms with Crippen LogP contribution in [0.3, 0.4) is 0 Å². The van der Waals surface area contributed by atoms with Crippen molar-refractivity contribution in [1.29, 1.82) is 0 Å². The number of ether oxygens (including phenoxy) is 1. The van der Waals surface area contributed by atoms with Crippen molar-refractivity contribution < 1.29 is 4.74 Å². The maximum atomic E-state index is 5.51. The fourth-order valence-corrected chi connectivity index (χ4v) is 5.30. The molecule has 0 amide bonds. The second-order valence-corrected chi connectivity index (χ2v) is 7.03. The average molecular weight is 352 g/mol. The SMILES string of the molecule is Br.COc1ccc2c(c1)[C@@]13CCCC[C@H]1[C@H](C2)N(C)CC3. The molecule has 2 fully saturated rings. The quantitative estimate of drug-likeness (QED) is 0.759. The third-order valence-electron chi connectivity index (χ3n) is 6.32. The first-order chi connectivity index (χ1) is 9.74. The zero-order valence-corrected chi connectivity index (χ0v) is 14.8. The number of benzene rings is 1. The average Bonchev–Trinajstić information content (AvgIpc) is 2.50. The summed E-state index contributed by atoms with van der Waals surface area (Å²) in [6, 6.07) is 7.60. The fraction of sp³-hybridized carbons (Fsp3) is 0.667. The molecule has 1 saturated heterocycles. The Bertz CT molecular complexity index is 532. The first kappa shape index (κ1) is 15.4. The van der Waals surface area contributed by atoms with Gasteiger partial charge in [0, 0.05) is 11.5 Å². The Morgan fingerprint density at radius 2 is 2.10 bits per heavy atom. The summed E-state index contributed by atoms with van der Waals surface area (Å²) >= 11 is 0. The predicted molar refractivity (Wildman–Crippen MR) is 91.7 cm³/mol. The molecule has 1 aromatic carbocycles.